The van der Waals surface area contributed by atoms with Gasteiger partial charge in [-0.1, -0.05) is 25.0 Å². The van der Waals surface area contributed by atoms with Crippen LogP contribution < -0.4 is 16.4 Å². The Morgan fingerprint density at radius 3 is 2.72 bits per heavy atom. The highest BCUT2D eigenvalue weighted by Gasteiger charge is 2.11. The quantitative estimate of drug-likeness (QED) is 0.635. The van der Waals surface area contributed by atoms with Crippen molar-refractivity contribution in [2.75, 3.05) is 29.5 Å². The van der Waals surface area contributed by atoms with Crippen molar-refractivity contribution in [3.05, 3.63) is 29.8 Å². The predicted molar refractivity (Wildman–Crippen MR) is 79.7 cm³/mol. The van der Waals surface area contributed by atoms with Crippen LogP contribution in [0.1, 0.15) is 32.6 Å². The molecule has 0 aromatic heterocycles. The molecule has 18 heavy (non-hydrogen) atoms. The van der Waals surface area contributed by atoms with Crippen LogP contribution in [0.3, 0.4) is 0 Å². The van der Waals surface area contributed by atoms with Crippen LogP contribution in [0, 0.1) is 0 Å². The molecule has 1 aromatic carbocycles. The van der Waals surface area contributed by atoms with Gasteiger partial charge in [0, 0.05) is 18.8 Å². The molecule has 0 spiro atoms. The molecule has 0 radical (unpaired) electrons. The minimum absolute atomic E-state index is 0.665. The normalized spacial score (nSPS) is 16.3. The lowest BCUT2D eigenvalue weighted by Gasteiger charge is -2.23. The number of hydrogen-bond donors (Lipinski definition) is 2. The predicted octanol–water partition coefficient (Wildman–Crippen LogP) is 3.18. The van der Waals surface area contributed by atoms with Gasteiger partial charge in [-0.05, 0) is 37.5 Å². The molecule has 0 unspecified atom stereocenters. The highest BCUT2D eigenvalue weighted by molar-refractivity contribution is 5.69. The van der Waals surface area contributed by atoms with Gasteiger partial charge in [0.25, 0.3) is 0 Å². The average molecular weight is 245 g/mol. The summed E-state index contributed by atoms with van der Waals surface area (Å²) in [4.78, 5) is 2.40. The Hall–Kier alpha value is -1.64. The zero-order valence-electron chi connectivity index (χ0n) is 11.2. The second-order valence-corrected chi connectivity index (χ2v) is 4.95. The molecule has 1 aliphatic heterocycles. The zero-order valence-corrected chi connectivity index (χ0v) is 11.2. The molecule has 3 nitrogen and oxygen atoms in total. The van der Waals surface area contributed by atoms with E-state index in [1.54, 1.807) is 5.57 Å². The molecule has 0 bridgehead atoms. The van der Waals surface area contributed by atoms with E-state index in [4.69, 9.17) is 11.5 Å². The summed E-state index contributed by atoms with van der Waals surface area (Å²) in [7, 11) is 0. The Labute approximate surface area is 109 Å². The van der Waals surface area contributed by atoms with E-state index in [-0.39, 0.29) is 0 Å². The molecule has 2 rings (SSSR count). The molecule has 3 heteroatoms. The fourth-order valence-corrected chi connectivity index (χ4v) is 2.48. The number of hydrogen-bond acceptors (Lipinski definition) is 3. The fourth-order valence-electron chi connectivity index (χ4n) is 2.48. The second kappa shape index (κ2) is 5.80. The van der Waals surface area contributed by atoms with Gasteiger partial charge in [-0.3, -0.25) is 0 Å². The fraction of sp³-hybridized carbons (Fsp3) is 0.467. The van der Waals surface area contributed by atoms with Crippen LogP contribution in [-0.4, -0.2) is 13.1 Å². The maximum Gasteiger partial charge on any atom is 0.0568 e. The summed E-state index contributed by atoms with van der Waals surface area (Å²) < 4.78 is 0. The Morgan fingerprint density at radius 1 is 1.17 bits per heavy atom. The molecule has 0 saturated heterocycles. The van der Waals surface area contributed by atoms with Crippen LogP contribution in [0.15, 0.2) is 29.8 Å². The van der Waals surface area contributed by atoms with Crippen molar-refractivity contribution in [3.8, 4) is 0 Å². The van der Waals surface area contributed by atoms with Crippen LogP contribution >= 0.6 is 0 Å². The third-order valence-corrected chi connectivity index (χ3v) is 3.54. The zero-order chi connectivity index (χ0) is 13.0. The third-order valence-electron chi connectivity index (χ3n) is 3.54. The minimum atomic E-state index is 0.665. The Balaban J connectivity index is 2.05. The lowest BCUT2D eigenvalue weighted by molar-refractivity contribution is 0.780. The first-order valence-electron chi connectivity index (χ1n) is 6.78. The smallest absolute Gasteiger partial charge is 0.0568 e. The summed E-state index contributed by atoms with van der Waals surface area (Å²) in [5.74, 6) is 0. The van der Waals surface area contributed by atoms with Crippen LogP contribution in [-0.2, 0) is 0 Å². The van der Waals surface area contributed by atoms with Crippen molar-refractivity contribution in [1.29, 1.82) is 0 Å². The Kier molecular flexibility index (Phi) is 4.13. The molecule has 4 N–H and O–H groups in total. The first kappa shape index (κ1) is 12.8. The van der Waals surface area contributed by atoms with Gasteiger partial charge in [0.05, 0.1) is 11.4 Å². The van der Waals surface area contributed by atoms with E-state index in [2.05, 4.69) is 24.0 Å². The van der Waals surface area contributed by atoms with Gasteiger partial charge >= 0.3 is 0 Å². The highest BCUT2D eigenvalue weighted by atomic mass is 15.1. The van der Waals surface area contributed by atoms with E-state index in [9.17, 15) is 0 Å². The molecular formula is C15H23N3. The molecule has 1 aliphatic rings. The SMILES string of the molecule is CCCC1=CCCN(c2ccc(N)c(N)c2)CC1. The van der Waals surface area contributed by atoms with Gasteiger partial charge < -0.3 is 16.4 Å². The molecule has 0 amide bonds. The lowest BCUT2D eigenvalue weighted by Crippen LogP contribution is -2.24. The van der Waals surface area contributed by atoms with Gasteiger partial charge in [0.15, 0.2) is 0 Å². The first-order valence-corrected chi connectivity index (χ1v) is 6.78. The summed E-state index contributed by atoms with van der Waals surface area (Å²) in [6.07, 6.45) is 7.17. The average Bonchev–Trinajstić information content (AvgIpc) is 2.59. The largest absolute Gasteiger partial charge is 0.397 e. The molecule has 0 aliphatic carbocycles. The molecule has 0 atom stereocenters. The summed E-state index contributed by atoms with van der Waals surface area (Å²) in [6, 6.07) is 5.95. The number of nitrogen functional groups attached to an aromatic ring is 2. The Morgan fingerprint density at radius 2 is 2.00 bits per heavy atom. The van der Waals surface area contributed by atoms with Crippen molar-refractivity contribution >= 4 is 17.1 Å². The van der Waals surface area contributed by atoms with Gasteiger partial charge in [-0.25, -0.2) is 0 Å². The van der Waals surface area contributed by atoms with E-state index >= 15 is 0 Å². The molecule has 0 fully saturated rings. The Bertz CT molecular complexity index is 437. The maximum absolute atomic E-state index is 5.88. The standard InChI is InChI=1S/C15H23N3/c1-2-4-12-5-3-9-18(10-8-12)13-6-7-14(16)15(17)11-13/h5-7,11H,2-4,8-10,16-17H2,1H3. The van der Waals surface area contributed by atoms with Crippen molar-refractivity contribution in [2.45, 2.75) is 32.6 Å². The maximum atomic E-state index is 5.88. The van der Waals surface area contributed by atoms with E-state index in [1.807, 2.05) is 12.1 Å². The van der Waals surface area contributed by atoms with Crippen molar-refractivity contribution in [3.63, 3.8) is 0 Å². The summed E-state index contributed by atoms with van der Waals surface area (Å²) in [5, 5.41) is 0. The summed E-state index contributed by atoms with van der Waals surface area (Å²) >= 11 is 0. The number of nitrogens with zero attached hydrogens (tertiary/aromatic N) is 1. The van der Waals surface area contributed by atoms with Crippen LogP contribution in [0.5, 0.6) is 0 Å². The first-order chi connectivity index (χ1) is 8.70. The van der Waals surface area contributed by atoms with Crippen LogP contribution in [0.25, 0.3) is 0 Å². The number of benzene rings is 1. The van der Waals surface area contributed by atoms with Crippen molar-refractivity contribution < 1.29 is 0 Å². The molecule has 1 heterocycles. The van der Waals surface area contributed by atoms with Gasteiger partial charge in [-0.15, -0.1) is 0 Å². The number of nitrogens with two attached hydrogens (primary N) is 2. The topological polar surface area (TPSA) is 55.3 Å². The molecule has 1 aromatic rings. The number of anilines is 3. The molecule has 0 saturated carbocycles. The van der Waals surface area contributed by atoms with Crippen LogP contribution in [0.2, 0.25) is 0 Å². The molecule has 98 valence electrons. The second-order valence-electron chi connectivity index (χ2n) is 4.95. The third kappa shape index (κ3) is 2.97. The minimum Gasteiger partial charge on any atom is -0.397 e. The molecular weight excluding hydrogens is 222 g/mol. The highest BCUT2D eigenvalue weighted by Crippen LogP contribution is 2.25. The van der Waals surface area contributed by atoms with E-state index in [0.717, 1.165) is 25.9 Å². The van der Waals surface area contributed by atoms with E-state index in [1.165, 1.54) is 18.5 Å². The summed E-state index contributed by atoms with van der Waals surface area (Å²) in [6.45, 7) is 4.38. The van der Waals surface area contributed by atoms with Gasteiger partial charge in [-0.2, -0.15) is 0 Å². The summed E-state index contributed by atoms with van der Waals surface area (Å²) in [5.41, 5.74) is 15.8. The monoisotopic (exact) mass is 245 g/mol. The van der Waals surface area contributed by atoms with Crippen LogP contribution in [0.4, 0.5) is 17.1 Å². The van der Waals surface area contributed by atoms with Gasteiger partial charge in [0.2, 0.25) is 0 Å². The van der Waals surface area contributed by atoms with Crippen molar-refractivity contribution in [2.24, 2.45) is 0 Å². The van der Waals surface area contributed by atoms with E-state index < -0.39 is 0 Å². The van der Waals surface area contributed by atoms with Crippen molar-refractivity contribution in [1.82, 2.24) is 0 Å². The van der Waals surface area contributed by atoms with E-state index in [0.29, 0.717) is 11.4 Å². The number of rotatable bonds is 3. The lowest BCUT2D eigenvalue weighted by atomic mass is 10.1. The van der Waals surface area contributed by atoms with Gasteiger partial charge in [0.1, 0.15) is 0 Å².